The van der Waals surface area contributed by atoms with Crippen molar-refractivity contribution in [1.29, 1.82) is 5.26 Å². The van der Waals surface area contributed by atoms with E-state index in [1.165, 1.54) is 5.56 Å². The summed E-state index contributed by atoms with van der Waals surface area (Å²) in [6.45, 7) is 5.27. The van der Waals surface area contributed by atoms with Crippen molar-refractivity contribution >= 4 is 0 Å². The van der Waals surface area contributed by atoms with E-state index < -0.39 is 0 Å². The fourth-order valence-electron chi connectivity index (χ4n) is 2.64. The van der Waals surface area contributed by atoms with Gasteiger partial charge in [0.05, 0.1) is 6.07 Å². The van der Waals surface area contributed by atoms with Crippen LogP contribution in [-0.4, -0.2) is 17.0 Å². The molecule has 0 amide bonds. The number of hydrogen-bond donors (Lipinski definition) is 0. The smallest absolute Gasteiger partial charge is 0.106 e. The summed E-state index contributed by atoms with van der Waals surface area (Å²) in [6, 6.07) is 13.2. The van der Waals surface area contributed by atoms with E-state index in [9.17, 15) is 5.26 Å². The summed E-state index contributed by atoms with van der Waals surface area (Å²) in [5, 5.41) is 9.30. The minimum atomic E-state index is -0.282. The molecule has 2 heteroatoms. The highest BCUT2D eigenvalue weighted by Gasteiger charge is 2.39. The molecule has 2 atom stereocenters. The minimum Gasteiger partial charge on any atom is -0.279 e. The molecule has 0 radical (unpaired) electrons. The SMILES string of the molecule is CC(c1ccccc1)N1CCCC1(C)C#N. The second-order valence-electron chi connectivity index (χ2n) is 4.77. The average Bonchev–Trinajstić information content (AvgIpc) is 2.72. The maximum absolute atomic E-state index is 9.30. The first kappa shape index (κ1) is 11.2. The lowest BCUT2D eigenvalue weighted by Crippen LogP contribution is -2.41. The molecule has 1 fully saturated rings. The Kier molecular flexibility index (Phi) is 2.98. The third kappa shape index (κ3) is 1.83. The lowest BCUT2D eigenvalue weighted by atomic mass is 9.97. The molecule has 0 N–H and O–H groups in total. The van der Waals surface area contributed by atoms with Gasteiger partial charge in [-0.05, 0) is 32.3 Å². The molecular formula is C14H18N2. The van der Waals surface area contributed by atoms with E-state index in [4.69, 9.17) is 0 Å². The van der Waals surface area contributed by atoms with Crippen molar-refractivity contribution in [3.05, 3.63) is 35.9 Å². The van der Waals surface area contributed by atoms with Crippen LogP contribution in [0.4, 0.5) is 0 Å². The first-order chi connectivity index (χ1) is 7.67. The number of likely N-dealkylation sites (tertiary alicyclic amines) is 1. The highest BCUT2D eigenvalue weighted by molar-refractivity contribution is 5.21. The largest absolute Gasteiger partial charge is 0.279 e. The zero-order chi connectivity index (χ0) is 11.6. The van der Waals surface area contributed by atoms with E-state index in [0.29, 0.717) is 6.04 Å². The van der Waals surface area contributed by atoms with Crippen molar-refractivity contribution in [1.82, 2.24) is 4.90 Å². The standard InChI is InChI=1S/C14H18N2/c1-12(13-7-4-3-5-8-13)16-10-6-9-14(16,2)11-15/h3-5,7-8,12H,6,9-10H2,1-2H3. The topological polar surface area (TPSA) is 27.0 Å². The van der Waals surface area contributed by atoms with Crippen molar-refractivity contribution < 1.29 is 0 Å². The van der Waals surface area contributed by atoms with Gasteiger partial charge in [-0.1, -0.05) is 30.3 Å². The van der Waals surface area contributed by atoms with Crippen LogP contribution < -0.4 is 0 Å². The molecule has 1 aliphatic heterocycles. The third-order valence-electron chi connectivity index (χ3n) is 3.69. The van der Waals surface area contributed by atoms with Crippen LogP contribution in [0, 0.1) is 11.3 Å². The molecule has 1 aromatic carbocycles. The van der Waals surface area contributed by atoms with Gasteiger partial charge < -0.3 is 0 Å². The first-order valence-corrected chi connectivity index (χ1v) is 5.90. The van der Waals surface area contributed by atoms with E-state index in [0.717, 1.165) is 19.4 Å². The summed E-state index contributed by atoms with van der Waals surface area (Å²) >= 11 is 0. The average molecular weight is 214 g/mol. The van der Waals surface area contributed by atoms with Crippen LogP contribution >= 0.6 is 0 Å². The maximum Gasteiger partial charge on any atom is 0.106 e. The van der Waals surface area contributed by atoms with Gasteiger partial charge in [-0.15, -0.1) is 0 Å². The van der Waals surface area contributed by atoms with Crippen LogP contribution in [0.25, 0.3) is 0 Å². The molecule has 1 heterocycles. The first-order valence-electron chi connectivity index (χ1n) is 5.90. The van der Waals surface area contributed by atoms with Gasteiger partial charge in [0.2, 0.25) is 0 Å². The highest BCUT2D eigenvalue weighted by Crippen LogP contribution is 2.35. The predicted molar refractivity (Wildman–Crippen MR) is 64.8 cm³/mol. The fraction of sp³-hybridized carbons (Fsp3) is 0.500. The van der Waals surface area contributed by atoms with Crippen LogP contribution in [-0.2, 0) is 0 Å². The van der Waals surface area contributed by atoms with Crippen LogP contribution in [0.3, 0.4) is 0 Å². The Morgan fingerprint density at radius 2 is 2.06 bits per heavy atom. The summed E-state index contributed by atoms with van der Waals surface area (Å²) in [7, 11) is 0. The molecule has 1 aromatic rings. The van der Waals surface area contributed by atoms with Gasteiger partial charge in [0.25, 0.3) is 0 Å². The Hall–Kier alpha value is -1.33. The van der Waals surface area contributed by atoms with Gasteiger partial charge in [0.15, 0.2) is 0 Å². The molecule has 16 heavy (non-hydrogen) atoms. The molecule has 0 saturated carbocycles. The van der Waals surface area contributed by atoms with Crippen molar-refractivity contribution in [2.45, 2.75) is 38.3 Å². The third-order valence-corrected chi connectivity index (χ3v) is 3.69. The summed E-state index contributed by atoms with van der Waals surface area (Å²) in [5.41, 5.74) is 1.01. The van der Waals surface area contributed by atoms with Crippen LogP contribution in [0.1, 0.15) is 38.3 Å². The van der Waals surface area contributed by atoms with Crippen molar-refractivity contribution in [2.24, 2.45) is 0 Å². The van der Waals surface area contributed by atoms with E-state index in [2.05, 4.69) is 49.1 Å². The highest BCUT2D eigenvalue weighted by atomic mass is 15.2. The molecule has 2 nitrogen and oxygen atoms in total. The minimum absolute atomic E-state index is 0.282. The molecule has 1 saturated heterocycles. The molecule has 2 unspecified atom stereocenters. The van der Waals surface area contributed by atoms with Crippen LogP contribution in [0.15, 0.2) is 30.3 Å². The Morgan fingerprint density at radius 1 is 1.38 bits per heavy atom. The van der Waals surface area contributed by atoms with Crippen LogP contribution in [0.5, 0.6) is 0 Å². The Morgan fingerprint density at radius 3 is 2.69 bits per heavy atom. The fourth-order valence-corrected chi connectivity index (χ4v) is 2.64. The molecule has 0 aliphatic carbocycles. The van der Waals surface area contributed by atoms with E-state index in [1.807, 2.05) is 6.07 Å². The van der Waals surface area contributed by atoms with Gasteiger partial charge in [-0.2, -0.15) is 5.26 Å². The van der Waals surface area contributed by atoms with Gasteiger partial charge in [-0.25, -0.2) is 0 Å². The zero-order valence-corrected chi connectivity index (χ0v) is 9.98. The summed E-state index contributed by atoms with van der Waals surface area (Å²) < 4.78 is 0. The maximum atomic E-state index is 9.30. The molecular weight excluding hydrogens is 196 g/mol. The Labute approximate surface area is 97.5 Å². The number of nitrogens with zero attached hydrogens (tertiary/aromatic N) is 2. The van der Waals surface area contributed by atoms with Gasteiger partial charge in [0.1, 0.15) is 5.54 Å². The molecule has 0 spiro atoms. The van der Waals surface area contributed by atoms with Gasteiger partial charge in [0, 0.05) is 12.6 Å². The summed E-state index contributed by atoms with van der Waals surface area (Å²) in [4.78, 5) is 2.32. The van der Waals surface area contributed by atoms with Crippen molar-refractivity contribution in [3.8, 4) is 6.07 Å². The second kappa shape index (κ2) is 4.27. The second-order valence-corrected chi connectivity index (χ2v) is 4.77. The monoisotopic (exact) mass is 214 g/mol. The molecule has 2 rings (SSSR count). The number of rotatable bonds is 2. The molecule has 1 aliphatic rings. The Bertz CT molecular complexity index is 393. The molecule has 0 aromatic heterocycles. The van der Waals surface area contributed by atoms with E-state index in [-0.39, 0.29) is 5.54 Å². The Balaban J connectivity index is 2.23. The van der Waals surface area contributed by atoms with Crippen molar-refractivity contribution in [2.75, 3.05) is 6.54 Å². The van der Waals surface area contributed by atoms with E-state index >= 15 is 0 Å². The summed E-state index contributed by atoms with van der Waals surface area (Å²) in [6.07, 6.45) is 2.11. The lowest BCUT2D eigenvalue weighted by molar-refractivity contribution is 0.154. The zero-order valence-electron chi connectivity index (χ0n) is 9.98. The normalized spacial score (nSPS) is 27.6. The number of hydrogen-bond acceptors (Lipinski definition) is 2. The molecule has 0 bridgehead atoms. The molecule has 84 valence electrons. The summed E-state index contributed by atoms with van der Waals surface area (Å²) in [5.74, 6) is 0. The number of nitriles is 1. The predicted octanol–water partition coefficient (Wildman–Crippen LogP) is 3.13. The number of benzene rings is 1. The van der Waals surface area contributed by atoms with E-state index in [1.54, 1.807) is 0 Å². The van der Waals surface area contributed by atoms with Gasteiger partial charge >= 0.3 is 0 Å². The van der Waals surface area contributed by atoms with Crippen molar-refractivity contribution in [3.63, 3.8) is 0 Å². The lowest BCUT2D eigenvalue weighted by Gasteiger charge is -2.34. The quantitative estimate of drug-likeness (QED) is 0.756. The van der Waals surface area contributed by atoms with Gasteiger partial charge in [-0.3, -0.25) is 4.90 Å². The van der Waals surface area contributed by atoms with Crippen LogP contribution in [0.2, 0.25) is 0 Å².